The molecular weight excluding hydrogens is 360 g/mol. The van der Waals surface area contributed by atoms with E-state index in [1.54, 1.807) is 0 Å². The number of carbonyl (C=O) groups excluding carboxylic acids is 4. The van der Waals surface area contributed by atoms with Gasteiger partial charge in [-0.3, -0.25) is 19.2 Å². The normalized spacial score (nSPS) is 21.4. The van der Waals surface area contributed by atoms with Crippen LogP contribution in [0.4, 0.5) is 0 Å². The molecule has 8 heteroatoms. The summed E-state index contributed by atoms with van der Waals surface area (Å²) in [7, 11) is 0. The average Bonchev–Trinajstić information content (AvgIpc) is 2.67. The third kappa shape index (κ3) is 14.0. The average molecular weight is 397 g/mol. The first kappa shape index (κ1) is 23.9. The van der Waals surface area contributed by atoms with Gasteiger partial charge in [0, 0.05) is 51.9 Å². The highest BCUT2D eigenvalue weighted by molar-refractivity contribution is 5.77. The zero-order chi connectivity index (χ0) is 20.5. The number of hydrogen-bond donors (Lipinski definition) is 4. The molecule has 1 rings (SSSR count). The minimum atomic E-state index is 0.0148. The molecule has 0 atom stereocenters. The zero-order valence-electron chi connectivity index (χ0n) is 16.9. The molecule has 4 N–H and O–H groups in total. The third-order valence-electron chi connectivity index (χ3n) is 4.61. The summed E-state index contributed by atoms with van der Waals surface area (Å²) < 4.78 is 0. The molecule has 0 bridgehead atoms. The van der Waals surface area contributed by atoms with Crippen LogP contribution in [0, 0.1) is 0 Å². The van der Waals surface area contributed by atoms with Gasteiger partial charge in [0.2, 0.25) is 23.6 Å². The smallest absolute Gasteiger partial charge is 0.219 e. The van der Waals surface area contributed by atoms with Gasteiger partial charge < -0.3 is 21.3 Å². The Morgan fingerprint density at radius 1 is 0.357 bits per heavy atom. The van der Waals surface area contributed by atoms with Crippen LogP contribution in [-0.2, 0) is 19.2 Å². The van der Waals surface area contributed by atoms with E-state index in [4.69, 9.17) is 0 Å². The maximum atomic E-state index is 11.7. The van der Waals surface area contributed by atoms with Crippen LogP contribution in [0.25, 0.3) is 0 Å². The van der Waals surface area contributed by atoms with E-state index >= 15 is 0 Å². The first-order chi connectivity index (χ1) is 13.6. The van der Waals surface area contributed by atoms with E-state index in [1.165, 1.54) is 0 Å². The first-order valence-corrected chi connectivity index (χ1v) is 10.6. The number of carbonyl (C=O) groups is 4. The van der Waals surface area contributed by atoms with Crippen LogP contribution in [0.15, 0.2) is 0 Å². The first-order valence-electron chi connectivity index (χ1n) is 10.6. The predicted molar refractivity (Wildman–Crippen MR) is 107 cm³/mol. The fourth-order valence-corrected chi connectivity index (χ4v) is 2.91. The molecule has 1 aliphatic rings. The molecule has 1 heterocycles. The van der Waals surface area contributed by atoms with Crippen molar-refractivity contribution in [3.63, 3.8) is 0 Å². The number of hydrogen-bond acceptors (Lipinski definition) is 4. The van der Waals surface area contributed by atoms with Gasteiger partial charge in [-0.25, -0.2) is 0 Å². The second kappa shape index (κ2) is 15.9. The summed E-state index contributed by atoms with van der Waals surface area (Å²) in [5.41, 5.74) is 0. The molecule has 1 aliphatic heterocycles. The predicted octanol–water partition coefficient (Wildman–Crippen LogP) is 1.15. The molecule has 0 aromatic heterocycles. The molecule has 0 aromatic rings. The number of nitrogens with one attached hydrogen (secondary N) is 4. The maximum absolute atomic E-state index is 11.7. The molecule has 0 radical (unpaired) electrons. The van der Waals surface area contributed by atoms with E-state index in [0.717, 1.165) is 25.7 Å². The fourth-order valence-electron chi connectivity index (χ4n) is 2.91. The van der Waals surface area contributed by atoms with Crippen LogP contribution < -0.4 is 21.3 Å². The van der Waals surface area contributed by atoms with Crippen molar-refractivity contribution in [2.24, 2.45) is 0 Å². The van der Waals surface area contributed by atoms with Gasteiger partial charge in [-0.2, -0.15) is 0 Å². The second-order valence-corrected chi connectivity index (χ2v) is 7.23. The molecule has 8 nitrogen and oxygen atoms in total. The van der Waals surface area contributed by atoms with Crippen LogP contribution in [0.1, 0.15) is 77.0 Å². The molecule has 0 spiro atoms. The Morgan fingerprint density at radius 3 is 0.786 bits per heavy atom. The highest BCUT2D eigenvalue weighted by Gasteiger charge is 2.06. The van der Waals surface area contributed by atoms with E-state index in [0.29, 0.717) is 77.5 Å². The van der Waals surface area contributed by atoms with Gasteiger partial charge in [-0.15, -0.1) is 0 Å². The standard InChI is InChI=1S/C20H36N4O4/c25-17-9-1-2-10-18(26)22-14-7-8-16-24-20(28)12-4-3-11-19(27)23-15-6-5-13-21-17/h1-16H2,(H,21,25)(H,22,26)(H,23,27)(H,24,28). The van der Waals surface area contributed by atoms with Gasteiger partial charge in [0.25, 0.3) is 0 Å². The summed E-state index contributed by atoms with van der Waals surface area (Å²) in [4.78, 5) is 46.9. The molecule has 0 unspecified atom stereocenters. The highest BCUT2D eigenvalue weighted by atomic mass is 16.2. The highest BCUT2D eigenvalue weighted by Crippen LogP contribution is 2.02. The van der Waals surface area contributed by atoms with Crippen LogP contribution in [0.5, 0.6) is 0 Å². The molecule has 0 aliphatic carbocycles. The summed E-state index contributed by atoms with van der Waals surface area (Å²) >= 11 is 0. The van der Waals surface area contributed by atoms with Crippen molar-refractivity contribution in [2.75, 3.05) is 26.2 Å². The van der Waals surface area contributed by atoms with Crippen LogP contribution in [0.2, 0.25) is 0 Å². The largest absolute Gasteiger partial charge is 0.356 e. The van der Waals surface area contributed by atoms with Crippen molar-refractivity contribution < 1.29 is 19.2 Å². The fraction of sp³-hybridized carbons (Fsp3) is 0.800. The van der Waals surface area contributed by atoms with Crippen molar-refractivity contribution in [2.45, 2.75) is 77.0 Å². The van der Waals surface area contributed by atoms with Crippen molar-refractivity contribution >= 4 is 23.6 Å². The van der Waals surface area contributed by atoms with Gasteiger partial charge in [0.15, 0.2) is 0 Å². The van der Waals surface area contributed by atoms with Crippen molar-refractivity contribution in [1.82, 2.24) is 21.3 Å². The Hall–Kier alpha value is -2.12. The van der Waals surface area contributed by atoms with Crippen molar-refractivity contribution in [3.8, 4) is 0 Å². The second-order valence-electron chi connectivity index (χ2n) is 7.23. The number of amides is 4. The summed E-state index contributed by atoms with van der Waals surface area (Å²) in [6.07, 6.45) is 7.78. The van der Waals surface area contributed by atoms with E-state index < -0.39 is 0 Å². The van der Waals surface area contributed by atoms with E-state index in [2.05, 4.69) is 21.3 Å². The van der Waals surface area contributed by atoms with E-state index in [1.807, 2.05) is 0 Å². The van der Waals surface area contributed by atoms with Crippen molar-refractivity contribution in [1.29, 1.82) is 0 Å². The topological polar surface area (TPSA) is 116 Å². The quantitative estimate of drug-likeness (QED) is 0.491. The van der Waals surface area contributed by atoms with Gasteiger partial charge in [-0.1, -0.05) is 0 Å². The molecule has 1 fully saturated rings. The minimum Gasteiger partial charge on any atom is -0.356 e. The Bertz CT molecular complexity index is 409. The molecule has 1 saturated heterocycles. The lowest BCUT2D eigenvalue weighted by molar-refractivity contribution is -0.123. The monoisotopic (exact) mass is 396 g/mol. The molecule has 0 aromatic carbocycles. The van der Waals surface area contributed by atoms with E-state index in [9.17, 15) is 19.2 Å². The summed E-state index contributed by atoms with van der Waals surface area (Å²) in [6.45, 7) is 2.41. The Balaban J connectivity index is 2.29. The molecular formula is C20H36N4O4. The van der Waals surface area contributed by atoms with Gasteiger partial charge in [-0.05, 0) is 51.4 Å². The summed E-state index contributed by atoms with van der Waals surface area (Å²) in [5.74, 6) is 0.0591. The van der Waals surface area contributed by atoms with Gasteiger partial charge in [0.1, 0.15) is 0 Å². The van der Waals surface area contributed by atoms with Crippen LogP contribution in [0.3, 0.4) is 0 Å². The lowest BCUT2D eigenvalue weighted by atomic mass is 10.1. The van der Waals surface area contributed by atoms with Gasteiger partial charge >= 0.3 is 0 Å². The maximum Gasteiger partial charge on any atom is 0.219 e. The SMILES string of the molecule is O=C1CCCCC(=O)NCCCCNC(=O)CCCCC(=O)NCCCCN1. The number of rotatable bonds is 0. The molecule has 0 saturated carbocycles. The Labute approximate surface area is 168 Å². The van der Waals surface area contributed by atoms with Crippen molar-refractivity contribution in [3.05, 3.63) is 0 Å². The minimum absolute atomic E-state index is 0.0148. The molecule has 160 valence electrons. The molecule has 28 heavy (non-hydrogen) atoms. The van der Waals surface area contributed by atoms with Gasteiger partial charge in [0.05, 0.1) is 0 Å². The van der Waals surface area contributed by atoms with Crippen LogP contribution >= 0.6 is 0 Å². The van der Waals surface area contributed by atoms with Crippen LogP contribution in [-0.4, -0.2) is 49.8 Å². The molecule has 4 amide bonds. The summed E-state index contributed by atoms with van der Waals surface area (Å²) in [6, 6.07) is 0. The third-order valence-corrected chi connectivity index (χ3v) is 4.61. The van der Waals surface area contributed by atoms with E-state index in [-0.39, 0.29) is 23.6 Å². The lowest BCUT2D eigenvalue weighted by Crippen LogP contribution is -2.28. The zero-order valence-corrected chi connectivity index (χ0v) is 16.9. The summed E-state index contributed by atoms with van der Waals surface area (Å²) in [5, 5.41) is 11.5. The lowest BCUT2D eigenvalue weighted by Gasteiger charge is -2.08. The Kier molecular flexibility index (Phi) is 13.6. The Morgan fingerprint density at radius 2 is 0.571 bits per heavy atom.